The van der Waals surface area contributed by atoms with Gasteiger partial charge < -0.3 is 4.74 Å². The van der Waals surface area contributed by atoms with E-state index in [0.717, 1.165) is 12.5 Å². The Morgan fingerprint density at radius 1 is 1.50 bits per heavy atom. The fraction of sp³-hybridized carbons (Fsp3) is 0.286. The molecule has 0 atom stereocenters. The summed E-state index contributed by atoms with van der Waals surface area (Å²) in [7, 11) is 1.37. The molecule has 0 aliphatic heterocycles. The highest BCUT2D eigenvalue weighted by Crippen LogP contribution is 2.23. The van der Waals surface area contributed by atoms with Crippen LogP contribution < -0.4 is 4.74 Å². The van der Waals surface area contributed by atoms with Crippen LogP contribution in [0.2, 0.25) is 5.02 Å². The smallest absolute Gasteiger partial charge is 0.212 e. The molecule has 0 saturated heterocycles. The average Bonchev–Trinajstić information content (AvgIpc) is 2.79. The van der Waals surface area contributed by atoms with Crippen molar-refractivity contribution in [3.05, 3.63) is 46.5 Å². The lowest BCUT2D eigenvalue weighted by atomic mass is 10.1. The molecule has 4 nitrogen and oxygen atoms in total. The fourth-order valence-electron chi connectivity index (χ4n) is 1.91. The molecular formula is C14H14ClFN2O2. The molecular weight excluding hydrogens is 283 g/mol. The van der Waals surface area contributed by atoms with E-state index in [0.29, 0.717) is 6.54 Å². The SMILES string of the molecule is CCCn1ncc(Cl)c1C(=O)c1ccc(OC)c(F)c1. The third-order valence-electron chi connectivity index (χ3n) is 2.86. The number of aryl methyl sites for hydroxylation is 1. The van der Waals surface area contributed by atoms with Crippen LogP contribution in [0.25, 0.3) is 0 Å². The monoisotopic (exact) mass is 296 g/mol. The maximum Gasteiger partial charge on any atom is 0.212 e. The van der Waals surface area contributed by atoms with Crippen LogP contribution in [-0.2, 0) is 6.54 Å². The first-order valence-corrected chi connectivity index (χ1v) is 6.55. The van der Waals surface area contributed by atoms with E-state index >= 15 is 0 Å². The molecule has 1 aromatic heterocycles. The lowest BCUT2D eigenvalue weighted by Crippen LogP contribution is -2.12. The first kappa shape index (κ1) is 14.5. The fourth-order valence-corrected chi connectivity index (χ4v) is 2.14. The maximum absolute atomic E-state index is 13.7. The quantitative estimate of drug-likeness (QED) is 0.795. The van der Waals surface area contributed by atoms with Crippen LogP contribution in [-0.4, -0.2) is 22.7 Å². The van der Waals surface area contributed by atoms with E-state index in [2.05, 4.69) is 5.10 Å². The standard InChI is InChI=1S/C14H14ClFN2O2/c1-3-6-18-13(10(15)8-17-18)14(19)9-4-5-12(20-2)11(16)7-9/h4-5,7-8H,3,6H2,1-2H3. The number of ether oxygens (including phenoxy) is 1. The Morgan fingerprint density at radius 2 is 2.25 bits per heavy atom. The second-order valence-corrected chi connectivity index (χ2v) is 4.65. The Balaban J connectivity index is 2.41. The van der Waals surface area contributed by atoms with Gasteiger partial charge in [0.2, 0.25) is 5.78 Å². The van der Waals surface area contributed by atoms with Crippen molar-refractivity contribution in [1.29, 1.82) is 0 Å². The zero-order chi connectivity index (χ0) is 14.7. The van der Waals surface area contributed by atoms with Gasteiger partial charge in [-0.15, -0.1) is 0 Å². The molecule has 0 aliphatic carbocycles. The van der Waals surface area contributed by atoms with Crippen LogP contribution in [0.1, 0.15) is 29.4 Å². The van der Waals surface area contributed by atoms with Gasteiger partial charge in [-0.2, -0.15) is 5.10 Å². The van der Waals surface area contributed by atoms with Crippen molar-refractivity contribution in [2.24, 2.45) is 0 Å². The van der Waals surface area contributed by atoms with Crippen molar-refractivity contribution >= 4 is 17.4 Å². The van der Waals surface area contributed by atoms with Gasteiger partial charge in [-0.25, -0.2) is 4.39 Å². The molecule has 1 heterocycles. The minimum Gasteiger partial charge on any atom is -0.494 e. The van der Waals surface area contributed by atoms with Gasteiger partial charge in [-0.05, 0) is 24.6 Å². The highest BCUT2D eigenvalue weighted by atomic mass is 35.5. The van der Waals surface area contributed by atoms with E-state index in [1.165, 1.54) is 30.1 Å². The van der Waals surface area contributed by atoms with Gasteiger partial charge in [0.05, 0.1) is 18.3 Å². The Bertz CT molecular complexity index is 640. The molecule has 0 aliphatic rings. The molecule has 20 heavy (non-hydrogen) atoms. The van der Waals surface area contributed by atoms with Gasteiger partial charge in [0, 0.05) is 12.1 Å². The minimum absolute atomic E-state index is 0.0923. The molecule has 0 saturated carbocycles. The van der Waals surface area contributed by atoms with Gasteiger partial charge in [0.25, 0.3) is 0 Å². The van der Waals surface area contributed by atoms with E-state index in [1.807, 2.05) is 6.92 Å². The van der Waals surface area contributed by atoms with Crippen molar-refractivity contribution in [3.63, 3.8) is 0 Å². The summed E-state index contributed by atoms with van der Waals surface area (Å²) in [6.07, 6.45) is 2.24. The first-order valence-electron chi connectivity index (χ1n) is 6.18. The highest BCUT2D eigenvalue weighted by molar-refractivity contribution is 6.34. The average molecular weight is 297 g/mol. The number of ketones is 1. The summed E-state index contributed by atoms with van der Waals surface area (Å²) in [5, 5.41) is 4.32. The van der Waals surface area contributed by atoms with Crippen LogP contribution in [0.15, 0.2) is 24.4 Å². The van der Waals surface area contributed by atoms with Crippen LogP contribution >= 0.6 is 11.6 Å². The molecule has 1 aromatic carbocycles. The van der Waals surface area contributed by atoms with E-state index in [4.69, 9.17) is 16.3 Å². The van der Waals surface area contributed by atoms with Crippen molar-refractivity contribution < 1.29 is 13.9 Å². The zero-order valence-electron chi connectivity index (χ0n) is 11.2. The lowest BCUT2D eigenvalue weighted by Gasteiger charge is -2.07. The van der Waals surface area contributed by atoms with Crippen molar-refractivity contribution in [2.45, 2.75) is 19.9 Å². The largest absolute Gasteiger partial charge is 0.494 e. The molecule has 0 radical (unpaired) electrons. The summed E-state index contributed by atoms with van der Waals surface area (Å²) in [5.41, 5.74) is 0.487. The number of hydrogen-bond donors (Lipinski definition) is 0. The molecule has 0 bridgehead atoms. The van der Waals surface area contributed by atoms with Gasteiger partial charge in [0.1, 0.15) is 5.69 Å². The molecule has 106 valence electrons. The van der Waals surface area contributed by atoms with Crippen molar-refractivity contribution in [3.8, 4) is 5.75 Å². The summed E-state index contributed by atoms with van der Waals surface area (Å²) in [6, 6.07) is 4.06. The topological polar surface area (TPSA) is 44.1 Å². The zero-order valence-corrected chi connectivity index (χ0v) is 11.9. The van der Waals surface area contributed by atoms with Crippen molar-refractivity contribution in [2.75, 3.05) is 7.11 Å². The number of rotatable bonds is 5. The molecule has 2 aromatic rings. The number of methoxy groups -OCH3 is 1. The minimum atomic E-state index is -0.587. The Morgan fingerprint density at radius 3 is 2.85 bits per heavy atom. The summed E-state index contributed by atoms with van der Waals surface area (Å²) in [4.78, 5) is 12.4. The summed E-state index contributed by atoms with van der Waals surface area (Å²) in [6.45, 7) is 2.54. The Kier molecular flexibility index (Phi) is 4.39. The van der Waals surface area contributed by atoms with E-state index in [-0.39, 0.29) is 27.8 Å². The number of benzene rings is 1. The van der Waals surface area contributed by atoms with Crippen LogP contribution in [0.4, 0.5) is 4.39 Å². The Hall–Kier alpha value is -1.88. The third kappa shape index (κ3) is 2.67. The summed E-state index contributed by atoms with van der Waals surface area (Å²) >= 11 is 6.00. The number of halogens is 2. The van der Waals surface area contributed by atoms with Crippen LogP contribution in [0.3, 0.4) is 0 Å². The number of hydrogen-bond acceptors (Lipinski definition) is 3. The first-order chi connectivity index (χ1) is 9.58. The lowest BCUT2D eigenvalue weighted by molar-refractivity contribution is 0.102. The van der Waals surface area contributed by atoms with Gasteiger partial charge in [0.15, 0.2) is 11.6 Å². The maximum atomic E-state index is 13.7. The molecule has 0 amide bonds. The molecule has 0 N–H and O–H groups in total. The van der Waals surface area contributed by atoms with Crippen molar-refractivity contribution in [1.82, 2.24) is 9.78 Å². The second-order valence-electron chi connectivity index (χ2n) is 4.24. The van der Waals surface area contributed by atoms with Crippen LogP contribution in [0, 0.1) is 5.82 Å². The second kappa shape index (κ2) is 6.05. The van der Waals surface area contributed by atoms with Gasteiger partial charge >= 0.3 is 0 Å². The normalized spacial score (nSPS) is 10.6. The number of carbonyl (C=O) groups is 1. The molecule has 2 rings (SSSR count). The van der Waals surface area contributed by atoms with E-state index in [1.54, 1.807) is 0 Å². The van der Waals surface area contributed by atoms with Gasteiger partial charge in [-0.3, -0.25) is 9.48 Å². The predicted octanol–water partition coefficient (Wildman–Crippen LogP) is 3.33. The Labute approximate surface area is 121 Å². The summed E-state index contributed by atoms with van der Waals surface area (Å²) < 4.78 is 20.0. The number of carbonyl (C=O) groups excluding carboxylic acids is 1. The third-order valence-corrected chi connectivity index (χ3v) is 3.14. The number of aromatic nitrogens is 2. The summed E-state index contributed by atoms with van der Waals surface area (Å²) in [5.74, 6) is -0.853. The molecule has 0 unspecified atom stereocenters. The highest BCUT2D eigenvalue weighted by Gasteiger charge is 2.20. The number of nitrogens with zero attached hydrogens (tertiary/aromatic N) is 2. The molecule has 6 heteroatoms. The molecule has 0 spiro atoms. The predicted molar refractivity (Wildman–Crippen MR) is 73.9 cm³/mol. The van der Waals surface area contributed by atoms with Gasteiger partial charge in [-0.1, -0.05) is 18.5 Å². The van der Waals surface area contributed by atoms with Crippen LogP contribution in [0.5, 0.6) is 5.75 Å². The van der Waals surface area contributed by atoms with E-state index in [9.17, 15) is 9.18 Å². The molecule has 0 fully saturated rings. The van der Waals surface area contributed by atoms with E-state index < -0.39 is 5.82 Å².